The number of ether oxygens (including phenoxy) is 3. The Balaban J connectivity index is 0.000000129. The van der Waals surface area contributed by atoms with Gasteiger partial charge in [-0.2, -0.15) is 15.0 Å². The van der Waals surface area contributed by atoms with Crippen molar-refractivity contribution in [3.63, 3.8) is 0 Å². The lowest BCUT2D eigenvalue weighted by molar-refractivity contribution is -0.137. The summed E-state index contributed by atoms with van der Waals surface area (Å²) < 4.78 is 19.5. The van der Waals surface area contributed by atoms with Crippen molar-refractivity contribution in [2.45, 2.75) is 266 Å². The van der Waals surface area contributed by atoms with Crippen molar-refractivity contribution in [3.8, 4) is 17.6 Å². The number of aliphatic carboxylic acids is 1. The van der Waals surface area contributed by atoms with E-state index in [1.807, 2.05) is 60.7 Å². The molecule has 4 fully saturated rings. The molecule has 0 spiro atoms. The monoisotopic (exact) mass is 1780 g/mol. The van der Waals surface area contributed by atoms with Gasteiger partial charge in [-0.05, 0) is 318 Å². The van der Waals surface area contributed by atoms with Crippen molar-refractivity contribution in [2.24, 2.45) is 5.73 Å². The molecule has 648 valence electrons. The molecule has 31 heteroatoms. The number of hydrogen-bond donors (Lipinski definition) is 5. The number of fused-ring (bicyclic) bond motifs is 12. The maximum Gasteiger partial charge on any atom is 0.303 e. The molecule has 3 unspecified atom stereocenters. The Bertz CT molecular complexity index is 5090. The van der Waals surface area contributed by atoms with Gasteiger partial charge in [0.2, 0.25) is 46.0 Å². The number of rotatable bonds is 22. The van der Waals surface area contributed by atoms with Gasteiger partial charge in [0.05, 0.1) is 34.1 Å². The molecule has 0 radical (unpaired) electrons. The molecule has 0 aliphatic heterocycles. The van der Waals surface area contributed by atoms with Crippen molar-refractivity contribution in [1.82, 2.24) is 59.5 Å². The third-order valence-corrected chi connectivity index (χ3v) is 30.6. The minimum absolute atomic E-state index is 0.00499. The summed E-state index contributed by atoms with van der Waals surface area (Å²) in [5.41, 5.74) is 12.1. The maximum atomic E-state index is 11.7. The van der Waals surface area contributed by atoms with Crippen LogP contribution < -0.4 is 30.6 Å². The van der Waals surface area contributed by atoms with E-state index in [0.29, 0.717) is 78.1 Å². The van der Waals surface area contributed by atoms with Crippen LogP contribution in [0.3, 0.4) is 0 Å². The molecular weight excluding hydrogens is 1670 g/mol. The third kappa shape index (κ3) is 22.3. The molecule has 24 nitrogen and oxygen atoms in total. The first-order valence-corrected chi connectivity index (χ1v) is 47.3. The molecule has 4 saturated carbocycles. The smallest absolute Gasteiger partial charge is 0.303 e. The zero-order chi connectivity index (χ0) is 85.4. The number of carboxylic acid groups (broad SMARTS) is 1. The highest BCUT2D eigenvalue weighted by molar-refractivity contribution is 7.20. The van der Waals surface area contributed by atoms with Crippen LogP contribution in [0.1, 0.15) is 233 Å². The average Bonchev–Trinajstić information content (AvgIpc) is 1.61. The van der Waals surface area contributed by atoms with Crippen LogP contribution in [0.15, 0.2) is 60.7 Å². The van der Waals surface area contributed by atoms with Crippen LogP contribution in [-0.4, -0.2) is 198 Å². The number of ketones is 2. The van der Waals surface area contributed by atoms with Gasteiger partial charge in [0.1, 0.15) is 54.4 Å². The summed E-state index contributed by atoms with van der Waals surface area (Å²) in [6.45, 7) is 3.29. The van der Waals surface area contributed by atoms with Crippen molar-refractivity contribution in [2.75, 3.05) is 67.0 Å². The third-order valence-electron chi connectivity index (χ3n) is 25.3. The normalized spacial score (nSPS) is 23.5. The van der Waals surface area contributed by atoms with Gasteiger partial charge in [-0.15, -0.1) is 45.3 Å². The zero-order valence-electron chi connectivity index (χ0n) is 71.0. The number of para-hydroxylation sites is 2. The van der Waals surface area contributed by atoms with E-state index in [1.54, 1.807) is 59.2 Å². The molecule has 8 aliphatic rings. The fourth-order valence-corrected chi connectivity index (χ4v) is 24.9. The highest BCUT2D eigenvalue weighted by Crippen LogP contribution is 2.53. The van der Waals surface area contributed by atoms with E-state index in [0.717, 1.165) is 212 Å². The number of nitrogens with zero attached hydrogens (tertiary/aromatic N) is 12. The number of aryl methyl sites for hydroxylation is 4. The number of carbonyl (C=O) groups is 4. The highest BCUT2D eigenvalue weighted by atomic mass is 35.5. The van der Waals surface area contributed by atoms with E-state index >= 15 is 0 Å². The number of aliphatic hydroxyl groups excluding tert-OH is 1. The summed E-state index contributed by atoms with van der Waals surface area (Å²) in [4.78, 5) is 100. The predicted octanol–water partition coefficient (Wildman–Crippen LogP) is 19.2. The number of thiophene rings is 4. The molecule has 8 heterocycles. The maximum absolute atomic E-state index is 11.7. The van der Waals surface area contributed by atoms with Gasteiger partial charge in [-0.3, -0.25) is 9.59 Å². The van der Waals surface area contributed by atoms with E-state index < -0.39 is 5.97 Å². The van der Waals surface area contributed by atoms with E-state index in [1.165, 1.54) is 36.2 Å². The topological polar surface area (TPSA) is 303 Å². The van der Waals surface area contributed by atoms with Crippen LogP contribution in [0.5, 0.6) is 17.6 Å². The van der Waals surface area contributed by atoms with Crippen LogP contribution in [0.2, 0.25) is 15.7 Å². The molecule has 2 aromatic carbocycles. The van der Waals surface area contributed by atoms with Crippen LogP contribution in [-0.2, 0) is 44.9 Å². The first-order chi connectivity index (χ1) is 58.1. The average molecular weight is 1780 g/mol. The Kier molecular flexibility index (Phi) is 30.2. The summed E-state index contributed by atoms with van der Waals surface area (Å²) >= 11 is 24.8. The van der Waals surface area contributed by atoms with Gasteiger partial charge in [-0.1, -0.05) is 48.0 Å². The SMILES string of the molecule is CC(=O)CC1CCc2sc3nc(Cl)nc(Cl)c3c21.CC(=O)C[C@@H]1CCc2sc3nc(Cl)nc(OC4CCC(N(C)C)CC4)c3c21.CN(C)C1CCC(O)CC1.CN(C)C1CCC(Oc2nc(Nc3ccccc3)nc3sc4c(c23)C(CC(=O)O)CC4)CC1.CN(C)C1CCC(Oc2nc(Nc3ccccc3)nc3sc4c(c23)C(CC(N)=O)CC4)CC1. The Morgan fingerprint density at radius 1 is 0.405 bits per heavy atom. The predicted molar refractivity (Wildman–Crippen MR) is 488 cm³/mol. The quantitative estimate of drug-likeness (QED) is 0.0311. The summed E-state index contributed by atoms with van der Waals surface area (Å²) in [5.74, 6) is 2.94. The number of primary amides is 1. The molecule has 0 saturated heterocycles. The zero-order valence-corrected chi connectivity index (χ0v) is 76.5. The second kappa shape index (κ2) is 40.7. The fourth-order valence-electron chi connectivity index (χ4n) is 19.1. The van der Waals surface area contributed by atoms with Crippen molar-refractivity contribution < 1.29 is 43.6 Å². The van der Waals surface area contributed by atoms with E-state index in [9.17, 15) is 29.4 Å². The number of nitrogens with two attached hydrogens (primary N) is 1. The lowest BCUT2D eigenvalue weighted by Gasteiger charge is -2.32. The van der Waals surface area contributed by atoms with Crippen molar-refractivity contribution in [3.05, 3.63) is 118 Å². The number of amides is 1. The Labute approximate surface area is 739 Å². The van der Waals surface area contributed by atoms with Crippen LogP contribution in [0, 0.1) is 0 Å². The molecule has 6 N–H and O–H groups in total. The number of carbonyl (C=O) groups excluding carboxylic acids is 3. The second-order valence-corrected chi connectivity index (χ2v) is 40.1. The summed E-state index contributed by atoms with van der Waals surface area (Å²) in [6, 6.07) is 22.3. The lowest BCUT2D eigenvalue weighted by atomic mass is 9.92. The van der Waals surface area contributed by atoms with Gasteiger partial charge < -0.3 is 70.0 Å². The van der Waals surface area contributed by atoms with E-state index in [-0.39, 0.29) is 82.5 Å². The molecule has 8 aliphatic carbocycles. The molecule has 10 aromatic rings. The lowest BCUT2D eigenvalue weighted by Crippen LogP contribution is -2.35. The van der Waals surface area contributed by atoms with Crippen LogP contribution in [0.4, 0.5) is 23.3 Å². The summed E-state index contributed by atoms with van der Waals surface area (Å²) in [7, 11) is 17.1. The number of halogens is 3. The van der Waals surface area contributed by atoms with E-state index in [4.69, 9.17) is 74.7 Å². The molecule has 1 amide bonds. The number of anilines is 4. The number of nitrogens with one attached hydrogen (secondary N) is 2. The van der Waals surface area contributed by atoms with Crippen LogP contribution >= 0.6 is 80.1 Å². The Morgan fingerprint density at radius 3 is 1.05 bits per heavy atom. The summed E-state index contributed by atoms with van der Waals surface area (Å²) in [5, 5.41) is 29.9. The molecule has 121 heavy (non-hydrogen) atoms. The number of benzene rings is 2. The van der Waals surface area contributed by atoms with Gasteiger partial charge >= 0.3 is 5.97 Å². The van der Waals surface area contributed by atoms with Gasteiger partial charge in [0, 0.05) is 74.3 Å². The number of aliphatic hydroxyl groups is 1. The minimum Gasteiger partial charge on any atom is -0.481 e. The van der Waals surface area contributed by atoms with Crippen molar-refractivity contribution >= 4 is 168 Å². The van der Waals surface area contributed by atoms with Crippen molar-refractivity contribution in [1.29, 1.82) is 0 Å². The van der Waals surface area contributed by atoms with Gasteiger partial charge in [-0.25, -0.2) is 24.9 Å². The first-order valence-electron chi connectivity index (χ1n) is 42.9. The number of aromatic nitrogens is 8. The number of hydrogen-bond acceptors (Lipinski definition) is 26. The Morgan fingerprint density at radius 2 is 0.711 bits per heavy atom. The highest BCUT2D eigenvalue weighted by Gasteiger charge is 2.39. The summed E-state index contributed by atoms with van der Waals surface area (Å²) in [6.07, 6.45) is 26.7. The van der Waals surface area contributed by atoms with Crippen LogP contribution in [0.25, 0.3) is 40.9 Å². The minimum atomic E-state index is -0.764. The molecule has 8 aromatic heterocycles. The molecular formula is C90H114Cl3N15O9S4. The molecule has 4 atom stereocenters. The fraction of sp³-hybridized carbons (Fsp3) is 0.556. The number of carboxylic acids is 1. The van der Waals surface area contributed by atoms with Gasteiger partial charge in [0.15, 0.2) is 0 Å². The molecule has 18 rings (SSSR count). The second-order valence-electron chi connectivity index (χ2n) is 34.7. The standard InChI is InChI=1S/C25H31N5O2S.C25H30N4O3S.C20H26ClN3O2S.C12H10Cl2N2OS.C8H17NO/c1-30(2)17-9-11-18(12-10-17)32-23-22-21-15(14-20(26)31)8-13-19(21)33-24(22)29-25(28-23)27-16-6-4-3-5-7-16;1-29(2)17-9-11-18(12-10-17)32-23-22-21-15(14-20(30)31)8-13-19(21)33-24(22)28-25(27-23)26-16-6-4-3-5-7-16;1-11(25)10-12-4-9-15-16(12)17-18(22-20(21)23-19(17)27-15)26-14-7-5-13(6-8-14)24(2)3;1-5(17)4-6-2-3-7-8(6)9-10(13)15-12(14)16-11(9)18-7;1-9(2)7-3-5-8(10)6-4-7/h3-7,15,17-18H,8-14H2,1-2H3,(H2,26,31)(H,27,28,29);3-7,15,17-18H,8-14H2,1-2H3,(H,30,31)(H,26,27,28);12-14H,4-10H2,1-3H3;6H,2-4H2,1H3;7-8,10H,3-6H2,1-2H3/t;;12-,13?,14?;;/m..0../s1. The van der Waals surface area contributed by atoms with Gasteiger partial charge in [0.25, 0.3) is 0 Å². The Hall–Kier alpha value is -7.45. The van der Waals surface area contributed by atoms with E-state index in [2.05, 4.69) is 107 Å². The first kappa shape index (κ1) is 89.8. The largest absolute Gasteiger partial charge is 0.481 e. The number of Topliss-reactive ketones (excluding diaryl/α,β-unsaturated/α-hetero) is 2. The molecule has 0 bridgehead atoms.